The van der Waals surface area contributed by atoms with Gasteiger partial charge in [-0.05, 0) is 37.3 Å². The third kappa shape index (κ3) is 6.33. The summed E-state index contributed by atoms with van der Waals surface area (Å²) in [5.41, 5.74) is 2.06. The maximum atomic E-state index is 9.94. The Balaban J connectivity index is 0.000000199. The van der Waals surface area contributed by atoms with Crippen LogP contribution in [0.5, 0.6) is 0 Å². The van der Waals surface area contributed by atoms with E-state index in [-0.39, 0.29) is 0 Å². The Morgan fingerprint density at radius 1 is 1.39 bits per heavy atom. The van der Waals surface area contributed by atoms with Crippen molar-refractivity contribution in [1.82, 2.24) is 0 Å². The van der Waals surface area contributed by atoms with Crippen LogP contribution in [-0.2, 0) is 16.1 Å². The second-order valence-electron chi connectivity index (χ2n) is 4.19. The van der Waals surface area contributed by atoms with Crippen molar-refractivity contribution in [1.29, 1.82) is 0 Å². The zero-order chi connectivity index (χ0) is 13.2. The molecule has 0 bridgehead atoms. The molecule has 0 radical (unpaired) electrons. The number of aliphatic hydroxyl groups is 1. The average molecular weight is 248 g/mol. The minimum atomic E-state index is -0.685. The fourth-order valence-corrected chi connectivity index (χ4v) is 1.59. The molecule has 1 atom stereocenters. The number of aldehydes is 1. The van der Waals surface area contributed by atoms with Gasteiger partial charge in [-0.25, -0.2) is 0 Å². The maximum Gasteiger partial charge on any atom is 0.152 e. The Hall–Kier alpha value is -1.45. The normalized spacial score (nSPS) is 15.3. The van der Waals surface area contributed by atoms with Crippen LogP contribution < -0.4 is 0 Å². The molecule has 1 aromatic rings. The van der Waals surface area contributed by atoms with Crippen LogP contribution in [0.25, 0.3) is 0 Å². The Bertz CT molecular complexity index is 369. The van der Waals surface area contributed by atoms with Gasteiger partial charge < -0.3 is 9.84 Å². The van der Waals surface area contributed by atoms with Crippen molar-refractivity contribution in [3.8, 4) is 0 Å². The van der Waals surface area contributed by atoms with Gasteiger partial charge in [0.1, 0.15) is 6.29 Å². The molecule has 0 fully saturated rings. The van der Waals surface area contributed by atoms with E-state index >= 15 is 0 Å². The SMILES string of the molecule is CC(O)OCc1ccccc1.O=CC1=CCCC1. The van der Waals surface area contributed by atoms with Gasteiger partial charge in [-0.3, -0.25) is 4.79 Å². The van der Waals surface area contributed by atoms with Gasteiger partial charge in [-0.2, -0.15) is 0 Å². The summed E-state index contributed by atoms with van der Waals surface area (Å²) < 4.78 is 4.98. The van der Waals surface area contributed by atoms with Crippen molar-refractivity contribution in [3.05, 3.63) is 47.5 Å². The van der Waals surface area contributed by atoms with Gasteiger partial charge in [-0.1, -0.05) is 36.4 Å². The van der Waals surface area contributed by atoms with E-state index in [1.807, 2.05) is 36.4 Å². The molecule has 1 aliphatic carbocycles. The van der Waals surface area contributed by atoms with Crippen LogP contribution in [-0.4, -0.2) is 17.7 Å². The lowest BCUT2D eigenvalue weighted by atomic mass is 10.2. The topological polar surface area (TPSA) is 46.5 Å². The number of hydrogen-bond donors (Lipinski definition) is 1. The van der Waals surface area contributed by atoms with Crippen LogP contribution in [0.2, 0.25) is 0 Å². The maximum absolute atomic E-state index is 9.94. The molecule has 18 heavy (non-hydrogen) atoms. The highest BCUT2D eigenvalue weighted by Gasteiger charge is 2.00. The van der Waals surface area contributed by atoms with Crippen molar-refractivity contribution < 1.29 is 14.6 Å². The molecule has 1 N–H and O–H groups in total. The summed E-state index contributed by atoms with van der Waals surface area (Å²) in [6, 6.07) is 9.76. The van der Waals surface area contributed by atoms with Crippen LogP contribution >= 0.6 is 0 Å². The summed E-state index contributed by atoms with van der Waals surface area (Å²) in [5, 5.41) is 8.79. The quantitative estimate of drug-likeness (QED) is 0.658. The molecule has 2 rings (SSSR count). The molecule has 0 amide bonds. The van der Waals surface area contributed by atoms with Crippen LogP contribution in [0.4, 0.5) is 0 Å². The first kappa shape index (κ1) is 14.6. The number of rotatable bonds is 4. The second-order valence-corrected chi connectivity index (χ2v) is 4.19. The van der Waals surface area contributed by atoms with Gasteiger partial charge in [0, 0.05) is 0 Å². The molecule has 1 aromatic carbocycles. The summed E-state index contributed by atoms with van der Waals surface area (Å²) in [5.74, 6) is 0. The second kappa shape index (κ2) is 8.61. The van der Waals surface area contributed by atoms with E-state index in [1.54, 1.807) is 6.92 Å². The van der Waals surface area contributed by atoms with Gasteiger partial charge in [0.2, 0.25) is 0 Å². The highest BCUT2D eigenvalue weighted by Crippen LogP contribution is 2.14. The number of carbonyl (C=O) groups is 1. The summed E-state index contributed by atoms with van der Waals surface area (Å²) in [4.78, 5) is 9.94. The lowest BCUT2D eigenvalue weighted by Crippen LogP contribution is -2.05. The highest BCUT2D eigenvalue weighted by molar-refractivity contribution is 5.73. The first-order valence-corrected chi connectivity index (χ1v) is 6.20. The van der Waals surface area contributed by atoms with Crippen molar-refractivity contribution in [2.45, 2.75) is 39.1 Å². The monoisotopic (exact) mass is 248 g/mol. The predicted octanol–water partition coefficient (Wildman–Crippen LogP) is 2.84. The average Bonchev–Trinajstić information content (AvgIpc) is 2.91. The third-order valence-corrected chi connectivity index (χ3v) is 2.56. The fourth-order valence-electron chi connectivity index (χ4n) is 1.59. The number of allylic oxidation sites excluding steroid dienone is 2. The number of hydrogen-bond acceptors (Lipinski definition) is 3. The minimum absolute atomic E-state index is 0.471. The van der Waals surface area contributed by atoms with E-state index in [1.165, 1.54) is 6.42 Å². The van der Waals surface area contributed by atoms with Gasteiger partial charge in [0.05, 0.1) is 6.61 Å². The zero-order valence-electron chi connectivity index (χ0n) is 10.7. The summed E-state index contributed by atoms with van der Waals surface area (Å²) in [6.45, 7) is 2.07. The van der Waals surface area contributed by atoms with Gasteiger partial charge in [0.15, 0.2) is 6.29 Å². The fraction of sp³-hybridized carbons (Fsp3) is 0.400. The molecule has 98 valence electrons. The Morgan fingerprint density at radius 3 is 2.56 bits per heavy atom. The third-order valence-electron chi connectivity index (χ3n) is 2.56. The number of carbonyl (C=O) groups excluding carboxylic acids is 1. The largest absolute Gasteiger partial charge is 0.368 e. The first-order valence-electron chi connectivity index (χ1n) is 6.20. The lowest BCUT2D eigenvalue weighted by Gasteiger charge is -2.05. The molecule has 0 aromatic heterocycles. The molecular weight excluding hydrogens is 228 g/mol. The van der Waals surface area contributed by atoms with Gasteiger partial charge in [-0.15, -0.1) is 0 Å². The molecule has 0 heterocycles. The predicted molar refractivity (Wildman–Crippen MR) is 70.9 cm³/mol. The minimum Gasteiger partial charge on any atom is -0.368 e. The van der Waals surface area contributed by atoms with E-state index in [2.05, 4.69) is 0 Å². The number of aliphatic hydroxyl groups excluding tert-OH is 1. The molecular formula is C15H20O3. The van der Waals surface area contributed by atoms with E-state index in [0.29, 0.717) is 6.61 Å². The first-order chi connectivity index (χ1) is 8.72. The van der Waals surface area contributed by atoms with Gasteiger partial charge in [0.25, 0.3) is 0 Å². The standard InChI is InChI=1S/C9H12O2.C6H8O/c1-8(10)11-7-9-5-3-2-4-6-9;7-5-6-3-1-2-4-6/h2-6,8,10H,7H2,1H3;3,5H,1-2,4H2. The molecule has 1 aliphatic rings. The van der Waals surface area contributed by atoms with E-state index in [9.17, 15) is 4.79 Å². The smallest absolute Gasteiger partial charge is 0.152 e. The van der Waals surface area contributed by atoms with Crippen LogP contribution in [0.1, 0.15) is 31.7 Å². The molecule has 3 heteroatoms. The summed E-state index contributed by atoms with van der Waals surface area (Å²) in [6.07, 6.45) is 5.56. The molecule has 0 spiro atoms. The molecule has 0 aliphatic heterocycles. The lowest BCUT2D eigenvalue weighted by molar-refractivity contribution is -0.105. The van der Waals surface area contributed by atoms with Gasteiger partial charge >= 0.3 is 0 Å². The zero-order valence-corrected chi connectivity index (χ0v) is 10.7. The summed E-state index contributed by atoms with van der Waals surface area (Å²) in [7, 11) is 0. The number of benzene rings is 1. The van der Waals surface area contributed by atoms with E-state index in [0.717, 1.165) is 30.3 Å². The number of ether oxygens (including phenoxy) is 1. The van der Waals surface area contributed by atoms with Crippen LogP contribution in [0.15, 0.2) is 42.0 Å². The van der Waals surface area contributed by atoms with Crippen molar-refractivity contribution in [2.75, 3.05) is 0 Å². The Morgan fingerprint density at radius 2 is 2.11 bits per heavy atom. The molecule has 1 unspecified atom stereocenters. The van der Waals surface area contributed by atoms with Crippen molar-refractivity contribution in [3.63, 3.8) is 0 Å². The van der Waals surface area contributed by atoms with Crippen molar-refractivity contribution >= 4 is 6.29 Å². The summed E-state index contributed by atoms with van der Waals surface area (Å²) >= 11 is 0. The van der Waals surface area contributed by atoms with E-state index in [4.69, 9.17) is 9.84 Å². The molecule has 0 saturated heterocycles. The Kier molecular flexibility index (Phi) is 6.99. The van der Waals surface area contributed by atoms with Crippen molar-refractivity contribution in [2.24, 2.45) is 0 Å². The molecule has 3 nitrogen and oxygen atoms in total. The highest BCUT2D eigenvalue weighted by atomic mass is 16.6. The van der Waals surface area contributed by atoms with Crippen LogP contribution in [0.3, 0.4) is 0 Å². The Labute approximate surface area is 108 Å². The molecule has 0 saturated carbocycles. The van der Waals surface area contributed by atoms with E-state index < -0.39 is 6.29 Å². The van der Waals surface area contributed by atoms with Crippen LogP contribution in [0, 0.1) is 0 Å².